The number of carbonyl (C=O) groups excluding carboxylic acids is 1. The molecular weight excluding hydrogens is 361 g/mol. The molecule has 2 aliphatic rings. The van der Waals surface area contributed by atoms with Crippen LogP contribution in [0.4, 0.5) is 13.2 Å². The predicted octanol–water partition coefficient (Wildman–Crippen LogP) is 2.83. The number of aromatic nitrogens is 2. The molecular formula is C18H23F3N4O2. The molecule has 0 unspecified atom stereocenters. The molecule has 1 saturated heterocycles. The molecule has 3 rings (SSSR count). The minimum Gasteiger partial charge on any atom is -0.358 e. The molecule has 27 heavy (non-hydrogen) atoms. The van der Waals surface area contributed by atoms with Gasteiger partial charge in [0, 0.05) is 24.4 Å². The molecule has 5 atom stereocenters. The zero-order valence-electron chi connectivity index (χ0n) is 15.5. The van der Waals surface area contributed by atoms with Crippen molar-refractivity contribution >= 4 is 5.78 Å². The fourth-order valence-electron chi connectivity index (χ4n) is 4.55. The van der Waals surface area contributed by atoms with Crippen molar-refractivity contribution in [3.63, 3.8) is 0 Å². The van der Waals surface area contributed by atoms with E-state index >= 15 is 0 Å². The van der Waals surface area contributed by atoms with E-state index in [0.29, 0.717) is 6.42 Å². The second-order valence-electron chi connectivity index (χ2n) is 8.12. The third-order valence-electron chi connectivity index (χ3n) is 5.58. The number of Topliss-reactive ketones (excluding diaryl/α,β-unsaturated/α-hetero) is 1. The molecule has 1 saturated carbocycles. The van der Waals surface area contributed by atoms with Gasteiger partial charge < -0.3 is 10.5 Å². The van der Waals surface area contributed by atoms with Gasteiger partial charge in [0.15, 0.2) is 0 Å². The molecule has 0 radical (unpaired) electrons. The Morgan fingerprint density at radius 3 is 2.67 bits per heavy atom. The molecule has 2 heterocycles. The summed E-state index contributed by atoms with van der Waals surface area (Å²) >= 11 is 0. The van der Waals surface area contributed by atoms with Crippen LogP contribution in [0.3, 0.4) is 0 Å². The molecule has 0 spiro atoms. The second-order valence-corrected chi connectivity index (χ2v) is 8.12. The minimum absolute atomic E-state index is 0.0242. The molecule has 1 aliphatic heterocycles. The van der Waals surface area contributed by atoms with E-state index in [1.165, 1.54) is 0 Å². The Hall–Kier alpha value is -1.92. The van der Waals surface area contributed by atoms with Crippen LogP contribution in [-0.2, 0) is 22.3 Å². The number of rotatable bonds is 2. The van der Waals surface area contributed by atoms with Gasteiger partial charge in [0.2, 0.25) is 0 Å². The molecule has 148 valence electrons. The monoisotopic (exact) mass is 384 g/mol. The summed E-state index contributed by atoms with van der Waals surface area (Å²) in [4.78, 5) is 12.9. The first-order valence-electron chi connectivity index (χ1n) is 8.96. The highest BCUT2D eigenvalue weighted by atomic mass is 19.4. The van der Waals surface area contributed by atoms with E-state index in [9.17, 15) is 23.2 Å². The van der Waals surface area contributed by atoms with Crippen LogP contribution < -0.4 is 5.73 Å². The Bertz CT molecular complexity index is 781. The molecule has 1 aliphatic carbocycles. The van der Waals surface area contributed by atoms with Crippen LogP contribution in [0.5, 0.6) is 0 Å². The molecule has 1 aromatic rings. The highest BCUT2D eigenvalue weighted by Crippen LogP contribution is 2.51. The van der Waals surface area contributed by atoms with Crippen molar-refractivity contribution in [2.24, 2.45) is 23.0 Å². The summed E-state index contributed by atoms with van der Waals surface area (Å²) in [6, 6.07) is 1.98. The number of aryl methyl sites for hydroxylation is 1. The lowest BCUT2D eigenvalue weighted by molar-refractivity contribution is -0.166. The van der Waals surface area contributed by atoms with Gasteiger partial charge in [-0.3, -0.25) is 9.48 Å². The minimum atomic E-state index is -4.66. The molecule has 0 bridgehead atoms. The number of ketones is 1. The van der Waals surface area contributed by atoms with Crippen LogP contribution in [0.2, 0.25) is 0 Å². The van der Waals surface area contributed by atoms with E-state index < -0.39 is 42.0 Å². The second kappa shape index (κ2) is 6.60. The smallest absolute Gasteiger partial charge is 0.358 e. The van der Waals surface area contributed by atoms with Gasteiger partial charge in [-0.05, 0) is 18.8 Å². The fraction of sp³-hybridized carbons (Fsp3) is 0.722. The lowest BCUT2D eigenvalue weighted by atomic mass is 9.61. The average molecular weight is 384 g/mol. The van der Waals surface area contributed by atoms with Crippen molar-refractivity contribution < 1.29 is 22.7 Å². The van der Waals surface area contributed by atoms with Gasteiger partial charge in [0.1, 0.15) is 17.7 Å². The molecule has 2 fully saturated rings. The maximum absolute atomic E-state index is 13.8. The number of nitrogens with zero attached hydrogens (tertiary/aromatic N) is 3. The predicted molar refractivity (Wildman–Crippen MR) is 89.1 cm³/mol. The maximum Gasteiger partial charge on any atom is 0.433 e. The summed E-state index contributed by atoms with van der Waals surface area (Å²) in [5.41, 5.74) is 4.60. The van der Waals surface area contributed by atoms with Crippen LogP contribution in [0.1, 0.15) is 50.8 Å². The van der Waals surface area contributed by atoms with Crippen molar-refractivity contribution in [3.8, 4) is 6.07 Å². The number of alkyl halides is 3. The van der Waals surface area contributed by atoms with E-state index in [0.717, 1.165) is 10.9 Å². The number of nitriles is 1. The van der Waals surface area contributed by atoms with E-state index in [-0.39, 0.29) is 29.7 Å². The van der Waals surface area contributed by atoms with Crippen molar-refractivity contribution in [2.45, 2.75) is 64.6 Å². The number of nitrogens with two attached hydrogens (primary N) is 1. The molecule has 1 aromatic heterocycles. The standard InChI is InChI=1S/C18H23F3N4O2/c1-4-25-15(18(19,20)21)10(8-24-25)13-9(7-22)16(23)27-12-6-17(2,3)5-11(26)14(12)13/h8-9,12-14,16H,4-6,23H2,1-3H3/t9-,12-,13-,14-,16+/m0/s1. The number of ether oxygens (including phenoxy) is 1. The first kappa shape index (κ1) is 19.8. The van der Waals surface area contributed by atoms with Gasteiger partial charge >= 0.3 is 6.18 Å². The quantitative estimate of drug-likeness (QED) is 0.846. The highest BCUT2D eigenvalue weighted by Gasteiger charge is 2.55. The van der Waals surface area contributed by atoms with Crippen molar-refractivity contribution in [1.29, 1.82) is 5.26 Å². The topological polar surface area (TPSA) is 93.9 Å². The van der Waals surface area contributed by atoms with E-state index in [1.807, 2.05) is 19.9 Å². The van der Waals surface area contributed by atoms with Gasteiger partial charge in [-0.1, -0.05) is 13.8 Å². The lowest BCUT2D eigenvalue weighted by Gasteiger charge is -2.49. The zero-order chi connectivity index (χ0) is 20.1. The van der Waals surface area contributed by atoms with Gasteiger partial charge in [0.25, 0.3) is 0 Å². The first-order chi connectivity index (χ1) is 12.5. The molecule has 2 N–H and O–H groups in total. The summed E-state index contributed by atoms with van der Waals surface area (Å²) < 4.78 is 47.9. The zero-order valence-corrected chi connectivity index (χ0v) is 15.5. The Morgan fingerprint density at radius 1 is 1.44 bits per heavy atom. The van der Waals surface area contributed by atoms with Crippen molar-refractivity contribution in [2.75, 3.05) is 0 Å². The third kappa shape index (κ3) is 3.36. The van der Waals surface area contributed by atoms with Gasteiger partial charge in [-0.25, -0.2) is 0 Å². The Labute approximate surface area is 155 Å². The number of fused-ring (bicyclic) bond motifs is 1. The Morgan fingerprint density at radius 2 is 2.11 bits per heavy atom. The molecule has 0 amide bonds. The summed E-state index contributed by atoms with van der Waals surface area (Å²) in [5, 5.41) is 13.5. The first-order valence-corrected chi connectivity index (χ1v) is 8.96. The lowest BCUT2D eigenvalue weighted by Crippen LogP contribution is -2.56. The third-order valence-corrected chi connectivity index (χ3v) is 5.58. The van der Waals surface area contributed by atoms with Crippen LogP contribution in [0, 0.1) is 28.6 Å². The number of halogens is 3. The normalized spacial score (nSPS) is 33.4. The van der Waals surface area contributed by atoms with Crippen LogP contribution in [0.25, 0.3) is 0 Å². The highest BCUT2D eigenvalue weighted by molar-refractivity contribution is 5.84. The van der Waals surface area contributed by atoms with Gasteiger partial charge in [-0.2, -0.15) is 23.5 Å². The van der Waals surface area contributed by atoms with Crippen molar-refractivity contribution in [3.05, 3.63) is 17.5 Å². The van der Waals surface area contributed by atoms with Crippen LogP contribution in [-0.4, -0.2) is 27.9 Å². The summed E-state index contributed by atoms with van der Waals surface area (Å²) in [5.74, 6) is -3.08. The Balaban J connectivity index is 2.15. The van der Waals surface area contributed by atoms with Crippen LogP contribution >= 0.6 is 0 Å². The number of hydrogen-bond acceptors (Lipinski definition) is 5. The average Bonchev–Trinajstić information content (AvgIpc) is 2.96. The molecule has 6 nitrogen and oxygen atoms in total. The summed E-state index contributed by atoms with van der Waals surface area (Å²) in [6.07, 6.45) is -4.48. The SMILES string of the molecule is CCn1ncc([C@@H]2[C@H](C#N)[C@H](N)O[C@H]3CC(C)(C)CC(=O)[C@H]23)c1C(F)(F)F. The maximum atomic E-state index is 13.8. The van der Waals surface area contributed by atoms with E-state index in [2.05, 4.69) is 5.10 Å². The fourth-order valence-corrected chi connectivity index (χ4v) is 4.55. The van der Waals surface area contributed by atoms with Crippen molar-refractivity contribution in [1.82, 2.24) is 9.78 Å². The van der Waals surface area contributed by atoms with E-state index in [4.69, 9.17) is 10.5 Å². The van der Waals surface area contributed by atoms with Crippen LogP contribution in [0.15, 0.2) is 6.20 Å². The number of hydrogen-bond donors (Lipinski definition) is 1. The Kier molecular flexibility index (Phi) is 4.85. The van der Waals surface area contributed by atoms with E-state index in [1.54, 1.807) is 6.92 Å². The summed E-state index contributed by atoms with van der Waals surface area (Å²) in [7, 11) is 0. The van der Waals surface area contributed by atoms with Gasteiger partial charge in [-0.15, -0.1) is 0 Å². The molecule has 9 heteroatoms. The summed E-state index contributed by atoms with van der Waals surface area (Å²) in [6.45, 7) is 5.41. The largest absolute Gasteiger partial charge is 0.433 e. The molecule has 0 aromatic carbocycles. The van der Waals surface area contributed by atoms with Gasteiger partial charge in [0.05, 0.1) is 30.2 Å². The number of carbonyl (C=O) groups is 1.